The fourth-order valence-corrected chi connectivity index (χ4v) is 3.52. The minimum absolute atomic E-state index is 0.0458. The summed E-state index contributed by atoms with van der Waals surface area (Å²) >= 11 is 0. The Morgan fingerprint density at radius 2 is 1.37 bits per heavy atom. The standard InChI is InChI=1S/C26H36N2O2/c1-3-4-5-6-13-18-25(29)27-22(2)19-26(30)28(20-23-14-9-7-10-15-23)21-24-16-11-8-12-17-24/h7-12,14-17,22H,3-6,13,18-21H2,1-2H3,(H,27,29)/t22-/m0/s1. The Morgan fingerprint density at radius 3 is 1.90 bits per heavy atom. The summed E-state index contributed by atoms with van der Waals surface area (Å²) < 4.78 is 0. The van der Waals surface area contributed by atoms with Crippen LogP contribution >= 0.6 is 0 Å². The van der Waals surface area contributed by atoms with E-state index in [1.165, 1.54) is 19.3 Å². The summed E-state index contributed by atoms with van der Waals surface area (Å²) in [6, 6.07) is 19.9. The number of rotatable bonds is 13. The van der Waals surface area contributed by atoms with Crippen LogP contribution in [-0.4, -0.2) is 22.8 Å². The summed E-state index contributed by atoms with van der Waals surface area (Å²) in [6.45, 7) is 5.22. The van der Waals surface area contributed by atoms with Gasteiger partial charge in [0.2, 0.25) is 11.8 Å². The second kappa shape index (κ2) is 13.6. The molecule has 4 nitrogen and oxygen atoms in total. The zero-order chi connectivity index (χ0) is 21.6. The first-order chi connectivity index (χ1) is 14.6. The lowest BCUT2D eigenvalue weighted by atomic mass is 10.1. The van der Waals surface area contributed by atoms with E-state index < -0.39 is 0 Å². The van der Waals surface area contributed by atoms with Gasteiger partial charge in [-0.15, -0.1) is 0 Å². The highest BCUT2D eigenvalue weighted by Crippen LogP contribution is 2.13. The van der Waals surface area contributed by atoms with Crippen LogP contribution in [0.4, 0.5) is 0 Å². The largest absolute Gasteiger partial charge is 0.353 e. The van der Waals surface area contributed by atoms with Gasteiger partial charge in [0.15, 0.2) is 0 Å². The molecule has 0 aliphatic carbocycles. The lowest BCUT2D eigenvalue weighted by molar-refractivity contribution is -0.133. The van der Waals surface area contributed by atoms with E-state index in [1.807, 2.05) is 72.5 Å². The van der Waals surface area contributed by atoms with Crippen molar-refractivity contribution in [3.63, 3.8) is 0 Å². The fraction of sp³-hybridized carbons (Fsp3) is 0.462. The van der Waals surface area contributed by atoms with Crippen LogP contribution in [0, 0.1) is 0 Å². The van der Waals surface area contributed by atoms with Crippen LogP contribution in [0.5, 0.6) is 0 Å². The summed E-state index contributed by atoms with van der Waals surface area (Å²) in [5.74, 6) is 0.0999. The molecule has 1 N–H and O–H groups in total. The summed E-state index contributed by atoms with van der Waals surface area (Å²) in [7, 11) is 0. The maximum absolute atomic E-state index is 13.1. The molecule has 2 amide bonds. The molecule has 0 saturated heterocycles. The molecule has 0 unspecified atom stereocenters. The Kier molecular flexibility index (Phi) is 10.7. The monoisotopic (exact) mass is 408 g/mol. The number of nitrogens with zero attached hydrogens (tertiary/aromatic N) is 1. The zero-order valence-corrected chi connectivity index (χ0v) is 18.5. The first kappa shape index (κ1) is 23.7. The number of unbranched alkanes of at least 4 members (excludes halogenated alkanes) is 4. The van der Waals surface area contributed by atoms with Crippen molar-refractivity contribution < 1.29 is 9.59 Å². The average molecular weight is 409 g/mol. The third kappa shape index (κ3) is 9.25. The molecule has 162 valence electrons. The highest BCUT2D eigenvalue weighted by atomic mass is 16.2. The van der Waals surface area contributed by atoms with Gasteiger partial charge < -0.3 is 10.2 Å². The van der Waals surface area contributed by atoms with Crippen LogP contribution in [0.25, 0.3) is 0 Å². The molecule has 0 radical (unpaired) electrons. The zero-order valence-electron chi connectivity index (χ0n) is 18.5. The van der Waals surface area contributed by atoms with E-state index in [0.717, 1.165) is 24.0 Å². The van der Waals surface area contributed by atoms with Gasteiger partial charge in [0, 0.05) is 32.0 Å². The lowest BCUT2D eigenvalue weighted by Gasteiger charge is -2.25. The van der Waals surface area contributed by atoms with Crippen molar-refractivity contribution in [2.24, 2.45) is 0 Å². The van der Waals surface area contributed by atoms with Crippen molar-refractivity contribution in [1.82, 2.24) is 10.2 Å². The van der Waals surface area contributed by atoms with E-state index in [9.17, 15) is 9.59 Å². The van der Waals surface area contributed by atoms with Crippen LogP contribution in [0.3, 0.4) is 0 Å². The van der Waals surface area contributed by atoms with Crippen LogP contribution in [0.2, 0.25) is 0 Å². The van der Waals surface area contributed by atoms with Gasteiger partial charge in [0.1, 0.15) is 0 Å². The van der Waals surface area contributed by atoms with Gasteiger partial charge >= 0.3 is 0 Å². The van der Waals surface area contributed by atoms with Gasteiger partial charge in [-0.25, -0.2) is 0 Å². The third-order valence-corrected chi connectivity index (χ3v) is 5.18. The maximum atomic E-state index is 13.1. The average Bonchev–Trinajstić information content (AvgIpc) is 2.74. The number of nitrogens with one attached hydrogen (secondary N) is 1. The number of benzene rings is 2. The molecule has 0 aromatic heterocycles. The van der Waals surface area contributed by atoms with Crippen LogP contribution in [0.1, 0.15) is 69.9 Å². The Morgan fingerprint density at radius 1 is 0.833 bits per heavy atom. The van der Waals surface area contributed by atoms with Crippen LogP contribution < -0.4 is 5.32 Å². The van der Waals surface area contributed by atoms with Gasteiger partial charge in [-0.1, -0.05) is 93.3 Å². The SMILES string of the molecule is CCCCCCCC(=O)N[C@@H](C)CC(=O)N(Cc1ccccc1)Cc1ccccc1. The predicted octanol–water partition coefficient (Wildman–Crippen LogP) is 5.47. The van der Waals surface area contributed by atoms with Crippen molar-refractivity contribution >= 4 is 11.8 Å². The normalized spacial score (nSPS) is 11.7. The van der Waals surface area contributed by atoms with E-state index in [2.05, 4.69) is 12.2 Å². The molecule has 2 aromatic rings. The van der Waals surface area contributed by atoms with Gasteiger partial charge in [0.25, 0.3) is 0 Å². The van der Waals surface area contributed by atoms with Crippen LogP contribution in [-0.2, 0) is 22.7 Å². The second-order valence-electron chi connectivity index (χ2n) is 8.06. The predicted molar refractivity (Wildman–Crippen MR) is 123 cm³/mol. The number of hydrogen-bond acceptors (Lipinski definition) is 2. The smallest absolute Gasteiger partial charge is 0.225 e. The van der Waals surface area contributed by atoms with Crippen molar-refractivity contribution in [2.45, 2.75) is 77.9 Å². The molecule has 0 bridgehead atoms. The topological polar surface area (TPSA) is 49.4 Å². The molecule has 0 aliphatic rings. The summed E-state index contributed by atoms with van der Waals surface area (Å²) in [5, 5.41) is 3.00. The molecule has 0 aliphatic heterocycles. The van der Waals surface area contributed by atoms with E-state index in [-0.39, 0.29) is 17.9 Å². The van der Waals surface area contributed by atoms with Crippen molar-refractivity contribution in [2.75, 3.05) is 0 Å². The molecule has 2 aromatic carbocycles. The molecular formula is C26H36N2O2. The molecular weight excluding hydrogens is 372 g/mol. The summed E-state index contributed by atoms with van der Waals surface area (Å²) in [4.78, 5) is 27.1. The number of hydrogen-bond donors (Lipinski definition) is 1. The third-order valence-electron chi connectivity index (χ3n) is 5.18. The molecule has 0 fully saturated rings. The Bertz CT molecular complexity index is 705. The minimum Gasteiger partial charge on any atom is -0.353 e. The van der Waals surface area contributed by atoms with Gasteiger partial charge in [-0.2, -0.15) is 0 Å². The van der Waals surface area contributed by atoms with E-state index >= 15 is 0 Å². The first-order valence-electron chi connectivity index (χ1n) is 11.2. The Labute approximate surface area is 181 Å². The molecule has 30 heavy (non-hydrogen) atoms. The highest BCUT2D eigenvalue weighted by Gasteiger charge is 2.18. The van der Waals surface area contributed by atoms with Gasteiger partial charge in [-0.05, 0) is 24.5 Å². The van der Waals surface area contributed by atoms with E-state index in [0.29, 0.717) is 25.9 Å². The number of carbonyl (C=O) groups is 2. The van der Waals surface area contributed by atoms with E-state index in [4.69, 9.17) is 0 Å². The highest BCUT2D eigenvalue weighted by molar-refractivity contribution is 5.79. The van der Waals surface area contributed by atoms with Gasteiger partial charge in [-0.3, -0.25) is 9.59 Å². The quantitative estimate of drug-likeness (QED) is 0.447. The summed E-state index contributed by atoms with van der Waals surface area (Å²) in [6.07, 6.45) is 6.48. The molecule has 2 rings (SSSR count). The van der Waals surface area contributed by atoms with Gasteiger partial charge in [0.05, 0.1) is 0 Å². The number of carbonyl (C=O) groups excluding carboxylic acids is 2. The minimum atomic E-state index is -0.172. The van der Waals surface area contributed by atoms with Crippen molar-refractivity contribution in [1.29, 1.82) is 0 Å². The summed E-state index contributed by atoms with van der Waals surface area (Å²) in [5.41, 5.74) is 2.20. The van der Waals surface area contributed by atoms with Crippen LogP contribution in [0.15, 0.2) is 60.7 Å². The van der Waals surface area contributed by atoms with Crippen molar-refractivity contribution in [3.05, 3.63) is 71.8 Å². The molecule has 0 heterocycles. The lowest BCUT2D eigenvalue weighted by Crippen LogP contribution is -2.38. The maximum Gasteiger partial charge on any atom is 0.225 e. The fourth-order valence-electron chi connectivity index (χ4n) is 3.52. The molecule has 0 saturated carbocycles. The molecule has 1 atom stereocenters. The van der Waals surface area contributed by atoms with Crippen molar-refractivity contribution in [3.8, 4) is 0 Å². The Balaban J connectivity index is 1.88. The number of amides is 2. The Hall–Kier alpha value is -2.62. The molecule has 4 heteroatoms. The molecule has 0 spiro atoms. The first-order valence-corrected chi connectivity index (χ1v) is 11.2. The second-order valence-corrected chi connectivity index (χ2v) is 8.06. The van der Waals surface area contributed by atoms with E-state index in [1.54, 1.807) is 0 Å².